The summed E-state index contributed by atoms with van der Waals surface area (Å²) in [6, 6.07) is 10.8. The smallest absolute Gasteiger partial charge is 0.0940 e. The third kappa shape index (κ3) is 2.04. The van der Waals surface area contributed by atoms with Crippen LogP contribution in [0.2, 0.25) is 0 Å². The van der Waals surface area contributed by atoms with Gasteiger partial charge >= 0.3 is 0 Å². The molecule has 0 bridgehead atoms. The summed E-state index contributed by atoms with van der Waals surface area (Å²) in [5, 5.41) is 21.1. The molecule has 1 heterocycles. The number of hydrogen-bond donors (Lipinski definition) is 1. The van der Waals surface area contributed by atoms with E-state index in [1.54, 1.807) is 0 Å². The number of fused-ring (bicyclic) bond motifs is 1. The summed E-state index contributed by atoms with van der Waals surface area (Å²) >= 11 is 0. The molecule has 1 aromatic rings. The fraction of sp³-hybridized carbons (Fsp3) is 0.588. The van der Waals surface area contributed by atoms with Crippen molar-refractivity contribution in [2.24, 2.45) is 5.41 Å². The predicted octanol–water partition coefficient (Wildman–Crippen LogP) is 2.14. The number of rotatable bonds is 1. The second-order valence-electron chi connectivity index (χ2n) is 6.50. The minimum absolute atomic E-state index is 0.637. The third-order valence-corrected chi connectivity index (χ3v) is 5.24. The number of aliphatic hydroxyl groups is 1. The van der Waals surface area contributed by atoms with Crippen LogP contribution in [0.1, 0.15) is 30.4 Å². The summed E-state index contributed by atoms with van der Waals surface area (Å²) in [7, 11) is 2.09. The Morgan fingerprint density at radius 1 is 1.15 bits per heavy atom. The maximum atomic E-state index is 11.2. The molecule has 1 fully saturated rings. The standard InChI is InChI=1S/C17H22N2O/c1-19-9-4-7-17(20,8-10-19)16(13-18)11-14-5-2-3-6-15(14)12-16/h2-3,5-6,20H,4,7-12H2,1H3. The van der Waals surface area contributed by atoms with E-state index in [-0.39, 0.29) is 0 Å². The van der Waals surface area contributed by atoms with Gasteiger partial charge in [0.15, 0.2) is 0 Å². The highest BCUT2D eigenvalue weighted by Gasteiger charge is 2.53. The molecule has 3 heteroatoms. The zero-order valence-corrected chi connectivity index (χ0v) is 12.1. The molecule has 20 heavy (non-hydrogen) atoms. The van der Waals surface area contributed by atoms with Crippen molar-refractivity contribution in [3.05, 3.63) is 35.4 Å². The van der Waals surface area contributed by atoms with Crippen molar-refractivity contribution >= 4 is 0 Å². The molecule has 1 saturated heterocycles. The zero-order chi connectivity index (χ0) is 14.2. The molecule has 0 saturated carbocycles. The highest BCUT2D eigenvalue weighted by molar-refractivity contribution is 5.39. The van der Waals surface area contributed by atoms with Gasteiger partial charge in [-0.25, -0.2) is 0 Å². The second kappa shape index (κ2) is 4.87. The summed E-state index contributed by atoms with van der Waals surface area (Å²) in [4.78, 5) is 2.26. The van der Waals surface area contributed by atoms with E-state index in [1.165, 1.54) is 11.1 Å². The van der Waals surface area contributed by atoms with Gasteiger partial charge in [-0.1, -0.05) is 24.3 Å². The van der Waals surface area contributed by atoms with Crippen molar-refractivity contribution in [1.82, 2.24) is 4.90 Å². The lowest BCUT2D eigenvalue weighted by atomic mass is 9.67. The van der Waals surface area contributed by atoms with Gasteiger partial charge in [0.2, 0.25) is 0 Å². The van der Waals surface area contributed by atoms with Crippen LogP contribution in [0.25, 0.3) is 0 Å². The van der Waals surface area contributed by atoms with Gasteiger partial charge < -0.3 is 10.0 Å². The van der Waals surface area contributed by atoms with Crippen LogP contribution in [0.3, 0.4) is 0 Å². The SMILES string of the molecule is CN1CCCC(O)(C2(C#N)Cc3ccccc3C2)CC1. The normalized spacial score (nSPS) is 29.4. The quantitative estimate of drug-likeness (QED) is 0.850. The Kier molecular flexibility index (Phi) is 3.32. The molecular weight excluding hydrogens is 248 g/mol. The van der Waals surface area contributed by atoms with E-state index in [4.69, 9.17) is 0 Å². The lowest BCUT2D eigenvalue weighted by Crippen LogP contribution is -2.49. The lowest BCUT2D eigenvalue weighted by Gasteiger charge is -2.40. The number of nitriles is 1. The Balaban J connectivity index is 1.93. The number of hydrogen-bond acceptors (Lipinski definition) is 3. The summed E-state index contributed by atoms with van der Waals surface area (Å²) < 4.78 is 0. The topological polar surface area (TPSA) is 47.3 Å². The maximum absolute atomic E-state index is 11.2. The first kappa shape index (κ1) is 13.6. The molecule has 1 aliphatic carbocycles. The molecule has 3 nitrogen and oxygen atoms in total. The van der Waals surface area contributed by atoms with Crippen LogP contribution in [-0.2, 0) is 12.8 Å². The maximum Gasteiger partial charge on any atom is 0.0940 e. The molecular formula is C17H22N2O. The predicted molar refractivity (Wildman–Crippen MR) is 78.2 cm³/mol. The largest absolute Gasteiger partial charge is 0.388 e. The van der Waals surface area contributed by atoms with E-state index in [0.717, 1.165) is 25.9 Å². The number of likely N-dealkylation sites (tertiary alicyclic amines) is 1. The van der Waals surface area contributed by atoms with Crippen LogP contribution in [0, 0.1) is 16.7 Å². The van der Waals surface area contributed by atoms with E-state index in [1.807, 2.05) is 12.1 Å². The Hall–Kier alpha value is -1.37. The van der Waals surface area contributed by atoms with Crippen molar-refractivity contribution < 1.29 is 5.11 Å². The van der Waals surface area contributed by atoms with Crippen LogP contribution < -0.4 is 0 Å². The molecule has 0 aromatic heterocycles. The molecule has 3 rings (SSSR count). The van der Waals surface area contributed by atoms with E-state index in [9.17, 15) is 10.4 Å². The molecule has 0 amide bonds. The second-order valence-corrected chi connectivity index (χ2v) is 6.50. The first-order valence-electron chi connectivity index (χ1n) is 7.48. The van der Waals surface area contributed by atoms with Gasteiger partial charge in [0, 0.05) is 6.54 Å². The molecule has 1 N–H and O–H groups in total. The van der Waals surface area contributed by atoms with Gasteiger partial charge in [0.05, 0.1) is 17.1 Å². The van der Waals surface area contributed by atoms with Crippen LogP contribution in [-0.4, -0.2) is 35.7 Å². The van der Waals surface area contributed by atoms with Crippen molar-refractivity contribution in [3.63, 3.8) is 0 Å². The molecule has 2 aliphatic rings. The van der Waals surface area contributed by atoms with Crippen molar-refractivity contribution in [2.75, 3.05) is 20.1 Å². The first-order chi connectivity index (χ1) is 9.59. The highest BCUT2D eigenvalue weighted by atomic mass is 16.3. The van der Waals surface area contributed by atoms with Gasteiger partial charge in [-0.15, -0.1) is 0 Å². The van der Waals surface area contributed by atoms with Gasteiger partial charge in [-0.2, -0.15) is 5.26 Å². The van der Waals surface area contributed by atoms with Crippen molar-refractivity contribution in [1.29, 1.82) is 5.26 Å². The van der Waals surface area contributed by atoms with Crippen LogP contribution >= 0.6 is 0 Å². The molecule has 1 atom stereocenters. The Morgan fingerprint density at radius 2 is 1.80 bits per heavy atom. The van der Waals surface area contributed by atoms with Gasteiger partial charge in [-0.05, 0) is 56.8 Å². The Morgan fingerprint density at radius 3 is 2.40 bits per heavy atom. The van der Waals surface area contributed by atoms with E-state index < -0.39 is 11.0 Å². The molecule has 1 unspecified atom stereocenters. The number of nitrogens with zero attached hydrogens (tertiary/aromatic N) is 2. The molecule has 106 valence electrons. The minimum Gasteiger partial charge on any atom is -0.388 e. The average molecular weight is 270 g/mol. The van der Waals surface area contributed by atoms with Gasteiger partial charge in [0.1, 0.15) is 0 Å². The minimum atomic E-state index is -0.856. The van der Waals surface area contributed by atoms with Crippen LogP contribution in [0.15, 0.2) is 24.3 Å². The Labute approximate surface area is 120 Å². The van der Waals surface area contributed by atoms with Crippen molar-refractivity contribution in [3.8, 4) is 6.07 Å². The third-order valence-electron chi connectivity index (χ3n) is 5.24. The Bertz CT molecular complexity index is 523. The summed E-state index contributed by atoms with van der Waals surface area (Å²) in [6.07, 6.45) is 3.79. The summed E-state index contributed by atoms with van der Waals surface area (Å²) in [5.41, 5.74) is 0.980. The monoisotopic (exact) mass is 270 g/mol. The van der Waals surface area contributed by atoms with Gasteiger partial charge in [-0.3, -0.25) is 0 Å². The summed E-state index contributed by atoms with van der Waals surface area (Å²) in [5.74, 6) is 0. The molecule has 1 aromatic carbocycles. The van der Waals surface area contributed by atoms with E-state index in [2.05, 4.69) is 30.1 Å². The van der Waals surface area contributed by atoms with Gasteiger partial charge in [0.25, 0.3) is 0 Å². The van der Waals surface area contributed by atoms with Crippen LogP contribution in [0.4, 0.5) is 0 Å². The van der Waals surface area contributed by atoms with Crippen molar-refractivity contribution in [2.45, 2.75) is 37.7 Å². The highest BCUT2D eigenvalue weighted by Crippen LogP contribution is 2.48. The van der Waals surface area contributed by atoms with Crippen LogP contribution in [0.5, 0.6) is 0 Å². The molecule has 1 aliphatic heterocycles. The van der Waals surface area contributed by atoms with E-state index >= 15 is 0 Å². The average Bonchev–Trinajstić information content (AvgIpc) is 2.76. The lowest BCUT2D eigenvalue weighted by molar-refractivity contribution is -0.0622. The summed E-state index contributed by atoms with van der Waals surface area (Å²) in [6.45, 7) is 1.88. The zero-order valence-electron chi connectivity index (χ0n) is 12.1. The fourth-order valence-electron chi connectivity index (χ4n) is 3.86. The molecule has 0 radical (unpaired) electrons. The number of benzene rings is 1. The molecule has 0 spiro atoms. The fourth-order valence-corrected chi connectivity index (χ4v) is 3.86. The first-order valence-corrected chi connectivity index (χ1v) is 7.48. The van der Waals surface area contributed by atoms with E-state index in [0.29, 0.717) is 19.3 Å².